The lowest BCUT2D eigenvalue weighted by atomic mass is 9.75. The van der Waals surface area contributed by atoms with Gasteiger partial charge in [0.15, 0.2) is 6.54 Å². The maximum atomic E-state index is 12.4. The molecule has 1 aliphatic carbocycles. The number of rotatable bonds is 5. The normalized spacial score (nSPS) is 26.3. The number of anilines is 1. The van der Waals surface area contributed by atoms with Crippen molar-refractivity contribution < 1.29 is 19.2 Å². The number of ether oxygens (including phenoxy) is 2. The van der Waals surface area contributed by atoms with Gasteiger partial charge in [-0.15, -0.1) is 0 Å². The van der Waals surface area contributed by atoms with Crippen molar-refractivity contribution in [3.05, 3.63) is 18.2 Å². The second-order valence-corrected chi connectivity index (χ2v) is 7.09. The van der Waals surface area contributed by atoms with Crippen LogP contribution in [0.15, 0.2) is 18.2 Å². The van der Waals surface area contributed by atoms with Crippen LogP contribution in [0.2, 0.25) is 0 Å². The fourth-order valence-electron chi connectivity index (χ4n) is 4.28. The van der Waals surface area contributed by atoms with Gasteiger partial charge in [-0.25, -0.2) is 0 Å². The van der Waals surface area contributed by atoms with Gasteiger partial charge in [0.05, 0.1) is 33.0 Å². The largest absolute Gasteiger partial charge is 0.497 e. The molecule has 0 aromatic heterocycles. The van der Waals surface area contributed by atoms with Crippen molar-refractivity contribution in [2.24, 2.45) is 11.8 Å². The van der Waals surface area contributed by atoms with Gasteiger partial charge in [-0.2, -0.15) is 0 Å². The first-order valence-electron chi connectivity index (χ1n) is 9.05. The van der Waals surface area contributed by atoms with Gasteiger partial charge >= 0.3 is 0 Å². The van der Waals surface area contributed by atoms with Crippen LogP contribution in [-0.2, 0) is 4.79 Å². The van der Waals surface area contributed by atoms with Crippen LogP contribution in [0.1, 0.15) is 32.1 Å². The van der Waals surface area contributed by atoms with Crippen LogP contribution in [0.3, 0.4) is 0 Å². The molecule has 24 heavy (non-hydrogen) atoms. The van der Waals surface area contributed by atoms with E-state index in [1.807, 2.05) is 12.1 Å². The van der Waals surface area contributed by atoms with Gasteiger partial charge in [-0.3, -0.25) is 4.79 Å². The zero-order valence-corrected chi connectivity index (χ0v) is 14.8. The van der Waals surface area contributed by atoms with Crippen molar-refractivity contribution in [3.63, 3.8) is 0 Å². The summed E-state index contributed by atoms with van der Waals surface area (Å²) < 4.78 is 10.5. The van der Waals surface area contributed by atoms with Crippen molar-refractivity contribution in [2.75, 3.05) is 39.2 Å². The maximum Gasteiger partial charge on any atom is 0.279 e. The number of carbonyl (C=O) groups is 1. The molecule has 1 aromatic carbocycles. The number of quaternary nitrogens is 1. The van der Waals surface area contributed by atoms with Gasteiger partial charge in [0.25, 0.3) is 5.91 Å². The van der Waals surface area contributed by atoms with Crippen LogP contribution in [-0.4, -0.2) is 39.8 Å². The third-order valence-corrected chi connectivity index (χ3v) is 5.58. The van der Waals surface area contributed by atoms with Gasteiger partial charge in [-0.1, -0.05) is 12.8 Å². The Hall–Kier alpha value is -1.75. The zero-order chi connectivity index (χ0) is 16.9. The lowest BCUT2D eigenvalue weighted by Gasteiger charge is -2.38. The lowest BCUT2D eigenvalue weighted by Crippen LogP contribution is -3.15. The summed E-state index contributed by atoms with van der Waals surface area (Å²) in [5, 5.41) is 2.99. The molecule has 1 aliphatic heterocycles. The van der Waals surface area contributed by atoms with E-state index in [9.17, 15) is 4.79 Å². The van der Waals surface area contributed by atoms with E-state index in [-0.39, 0.29) is 5.91 Å². The summed E-state index contributed by atoms with van der Waals surface area (Å²) in [6.07, 6.45) is 6.78. The molecule has 0 bridgehead atoms. The SMILES string of the molecule is COc1ccc(NC(=O)C[NH+]2CC[C@@H]3CCCC[C@@H]3C2)c(OC)c1. The highest BCUT2D eigenvalue weighted by molar-refractivity contribution is 5.93. The average Bonchev–Trinajstić information content (AvgIpc) is 2.62. The standard InChI is InChI=1S/C19H28N2O3/c1-23-16-7-8-17(18(11-16)24-2)20-19(22)13-21-10-9-14-5-3-4-6-15(14)12-21/h7-8,11,14-15H,3-6,9-10,12-13H2,1-2H3,(H,20,22)/p+1/t14-,15+/m0/s1. The van der Waals surface area contributed by atoms with Crippen molar-refractivity contribution in [3.8, 4) is 11.5 Å². The minimum atomic E-state index is 0.0581. The summed E-state index contributed by atoms with van der Waals surface area (Å²) in [5.41, 5.74) is 0.704. The number of nitrogens with one attached hydrogen (secondary N) is 2. The van der Waals surface area contributed by atoms with Gasteiger partial charge in [0, 0.05) is 12.0 Å². The lowest BCUT2D eigenvalue weighted by molar-refractivity contribution is -0.902. The first kappa shape index (κ1) is 17.1. The Morgan fingerprint density at radius 2 is 1.96 bits per heavy atom. The fourth-order valence-corrected chi connectivity index (χ4v) is 4.28. The first-order chi connectivity index (χ1) is 11.7. The van der Waals surface area contributed by atoms with Gasteiger partial charge in [0.2, 0.25) is 0 Å². The van der Waals surface area contributed by atoms with Gasteiger partial charge < -0.3 is 19.7 Å². The Bertz CT molecular complexity index is 576. The van der Waals surface area contributed by atoms with Crippen molar-refractivity contribution in [1.29, 1.82) is 0 Å². The number of fused-ring (bicyclic) bond motifs is 1. The minimum Gasteiger partial charge on any atom is -0.497 e. The molecular formula is C19H29N2O3+. The van der Waals surface area contributed by atoms with E-state index in [1.165, 1.54) is 37.0 Å². The summed E-state index contributed by atoms with van der Waals surface area (Å²) >= 11 is 0. The predicted octanol–water partition coefficient (Wildman–Crippen LogP) is 1.74. The average molecular weight is 333 g/mol. The van der Waals surface area contributed by atoms with Crippen LogP contribution in [0.5, 0.6) is 11.5 Å². The minimum absolute atomic E-state index is 0.0581. The van der Waals surface area contributed by atoms with Gasteiger partial charge in [-0.05, 0) is 37.3 Å². The van der Waals surface area contributed by atoms with E-state index in [2.05, 4.69) is 5.32 Å². The van der Waals surface area contributed by atoms with E-state index in [1.54, 1.807) is 20.3 Å². The predicted molar refractivity (Wildman–Crippen MR) is 93.8 cm³/mol. The number of carbonyl (C=O) groups excluding carboxylic acids is 1. The van der Waals surface area contributed by atoms with Crippen LogP contribution in [0.25, 0.3) is 0 Å². The second-order valence-electron chi connectivity index (χ2n) is 7.09. The Kier molecular flexibility index (Phi) is 5.61. The number of likely N-dealkylation sites (tertiary alicyclic amines) is 1. The molecule has 1 saturated carbocycles. The number of amides is 1. The Morgan fingerprint density at radius 3 is 2.71 bits per heavy atom. The van der Waals surface area contributed by atoms with E-state index < -0.39 is 0 Å². The molecule has 1 heterocycles. The maximum absolute atomic E-state index is 12.4. The van der Waals surface area contributed by atoms with E-state index in [4.69, 9.17) is 9.47 Å². The molecule has 2 aliphatic rings. The molecule has 5 nitrogen and oxygen atoms in total. The molecule has 2 N–H and O–H groups in total. The van der Waals surface area contributed by atoms with Crippen molar-refractivity contribution >= 4 is 11.6 Å². The molecule has 5 heteroatoms. The van der Waals surface area contributed by atoms with E-state index >= 15 is 0 Å². The molecule has 3 rings (SSSR count). The van der Waals surface area contributed by atoms with Gasteiger partial charge in [0.1, 0.15) is 11.5 Å². The zero-order valence-electron chi connectivity index (χ0n) is 14.8. The Labute approximate surface area is 144 Å². The molecule has 1 amide bonds. The smallest absolute Gasteiger partial charge is 0.279 e. The number of benzene rings is 1. The molecule has 0 spiro atoms. The molecule has 1 saturated heterocycles. The highest BCUT2D eigenvalue weighted by Crippen LogP contribution is 2.32. The highest BCUT2D eigenvalue weighted by Gasteiger charge is 2.34. The summed E-state index contributed by atoms with van der Waals surface area (Å²) in [5.74, 6) is 3.14. The number of methoxy groups -OCH3 is 2. The highest BCUT2D eigenvalue weighted by atomic mass is 16.5. The number of hydrogen-bond donors (Lipinski definition) is 2. The second kappa shape index (κ2) is 7.88. The van der Waals surface area contributed by atoms with Crippen LogP contribution >= 0.6 is 0 Å². The van der Waals surface area contributed by atoms with E-state index in [0.717, 1.165) is 30.7 Å². The molecule has 1 aromatic rings. The Morgan fingerprint density at radius 1 is 1.17 bits per heavy atom. The van der Waals surface area contributed by atoms with E-state index in [0.29, 0.717) is 18.0 Å². The van der Waals surface area contributed by atoms with Crippen LogP contribution < -0.4 is 19.7 Å². The summed E-state index contributed by atoms with van der Waals surface area (Å²) in [7, 11) is 3.22. The summed E-state index contributed by atoms with van der Waals surface area (Å²) in [6.45, 7) is 2.81. The fraction of sp³-hybridized carbons (Fsp3) is 0.632. The molecule has 1 unspecified atom stereocenters. The molecule has 132 valence electrons. The first-order valence-corrected chi connectivity index (χ1v) is 9.05. The molecule has 3 atom stereocenters. The van der Waals surface area contributed by atoms with Crippen molar-refractivity contribution in [2.45, 2.75) is 32.1 Å². The molecule has 0 radical (unpaired) electrons. The topological polar surface area (TPSA) is 52.0 Å². The summed E-state index contributed by atoms with van der Waals surface area (Å²) in [6, 6.07) is 5.45. The Balaban J connectivity index is 1.56. The van der Waals surface area contributed by atoms with Crippen molar-refractivity contribution in [1.82, 2.24) is 0 Å². The monoisotopic (exact) mass is 333 g/mol. The third-order valence-electron chi connectivity index (χ3n) is 5.58. The summed E-state index contributed by atoms with van der Waals surface area (Å²) in [4.78, 5) is 13.9. The molecule has 2 fully saturated rings. The van der Waals surface area contributed by atoms with Crippen LogP contribution in [0, 0.1) is 11.8 Å². The van der Waals surface area contributed by atoms with Crippen LogP contribution in [0.4, 0.5) is 5.69 Å². The number of piperidine rings is 1. The third kappa shape index (κ3) is 4.01. The quantitative estimate of drug-likeness (QED) is 0.863. The number of hydrogen-bond acceptors (Lipinski definition) is 3. The molecular weight excluding hydrogens is 304 g/mol.